The van der Waals surface area contributed by atoms with E-state index in [4.69, 9.17) is 11.6 Å². The van der Waals surface area contributed by atoms with Crippen LogP contribution in [0, 0.1) is 6.92 Å². The standard InChI is InChI=1S/C15H14ClNO2/c1-10-7-12(16)9-13(15(10)18)14(17-19)8-11-5-3-2-4-6-11/h2-7,9,18-19H,8H2,1H3/b17-14-. The lowest BCUT2D eigenvalue weighted by atomic mass is 9.99. The van der Waals surface area contributed by atoms with Crippen LogP contribution in [0.4, 0.5) is 0 Å². The number of hydrogen-bond donors (Lipinski definition) is 2. The minimum absolute atomic E-state index is 0.0909. The first kappa shape index (κ1) is 13.4. The number of phenols is 1. The summed E-state index contributed by atoms with van der Waals surface area (Å²) < 4.78 is 0. The van der Waals surface area contributed by atoms with Crippen molar-refractivity contribution >= 4 is 17.3 Å². The van der Waals surface area contributed by atoms with Crippen LogP contribution in [0.1, 0.15) is 16.7 Å². The summed E-state index contributed by atoms with van der Waals surface area (Å²) in [5.74, 6) is 0.0909. The van der Waals surface area contributed by atoms with Crippen LogP contribution >= 0.6 is 11.6 Å². The third kappa shape index (κ3) is 3.06. The highest BCUT2D eigenvalue weighted by molar-refractivity contribution is 6.31. The van der Waals surface area contributed by atoms with Crippen molar-refractivity contribution in [3.8, 4) is 5.75 Å². The second kappa shape index (κ2) is 5.76. The van der Waals surface area contributed by atoms with E-state index in [1.165, 1.54) is 0 Å². The van der Waals surface area contributed by atoms with Gasteiger partial charge in [-0.3, -0.25) is 0 Å². The summed E-state index contributed by atoms with van der Waals surface area (Å²) in [6.07, 6.45) is 0.421. The van der Waals surface area contributed by atoms with Crippen molar-refractivity contribution in [2.45, 2.75) is 13.3 Å². The first-order valence-corrected chi connectivity index (χ1v) is 6.24. The molecule has 0 aliphatic rings. The molecule has 2 aromatic carbocycles. The van der Waals surface area contributed by atoms with Crippen molar-refractivity contribution in [3.63, 3.8) is 0 Å². The molecule has 2 rings (SSSR count). The highest BCUT2D eigenvalue weighted by Gasteiger charge is 2.13. The minimum atomic E-state index is 0.0909. The van der Waals surface area contributed by atoms with Crippen LogP contribution in [0.25, 0.3) is 0 Å². The van der Waals surface area contributed by atoms with Gasteiger partial charge in [-0.1, -0.05) is 47.1 Å². The summed E-state index contributed by atoms with van der Waals surface area (Å²) >= 11 is 5.98. The van der Waals surface area contributed by atoms with Crippen molar-refractivity contribution in [3.05, 3.63) is 64.2 Å². The first-order valence-electron chi connectivity index (χ1n) is 5.86. The van der Waals surface area contributed by atoms with Crippen molar-refractivity contribution in [1.29, 1.82) is 0 Å². The third-order valence-corrected chi connectivity index (χ3v) is 3.13. The Morgan fingerprint density at radius 3 is 2.53 bits per heavy atom. The van der Waals surface area contributed by atoms with Crippen LogP contribution in [-0.4, -0.2) is 16.0 Å². The molecule has 19 heavy (non-hydrogen) atoms. The molecule has 0 atom stereocenters. The van der Waals surface area contributed by atoms with E-state index in [2.05, 4.69) is 5.16 Å². The fraction of sp³-hybridized carbons (Fsp3) is 0.133. The van der Waals surface area contributed by atoms with Gasteiger partial charge in [0.1, 0.15) is 5.75 Å². The molecule has 0 heterocycles. The molecule has 0 amide bonds. The van der Waals surface area contributed by atoms with E-state index in [1.54, 1.807) is 19.1 Å². The summed E-state index contributed by atoms with van der Waals surface area (Å²) in [4.78, 5) is 0. The predicted octanol–water partition coefficient (Wildman–Crippen LogP) is 3.78. The maximum Gasteiger partial charge on any atom is 0.127 e. The fourth-order valence-electron chi connectivity index (χ4n) is 1.93. The van der Waals surface area contributed by atoms with E-state index in [0.29, 0.717) is 28.3 Å². The fourth-order valence-corrected chi connectivity index (χ4v) is 2.20. The number of rotatable bonds is 3. The molecule has 0 aliphatic carbocycles. The van der Waals surface area contributed by atoms with Gasteiger partial charge in [-0.2, -0.15) is 0 Å². The lowest BCUT2D eigenvalue weighted by Crippen LogP contribution is -2.06. The molecule has 0 aromatic heterocycles. The van der Waals surface area contributed by atoms with Crippen LogP contribution in [-0.2, 0) is 6.42 Å². The summed E-state index contributed by atoms with van der Waals surface area (Å²) in [5, 5.41) is 23.0. The molecule has 2 N–H and O–H groups in total. The van der Waals surface area contributed by atoms with Gasteiger partial charge in [-0.15, -0.1) is 0 Å². The summed E-state index contributed by atoms with van der Waals surface area (Å²) in [6.45, 7) is 1.75. The Morgan fingerprint density at radius 1 is 1.21 bits per heavy atom. The van der Waals surface area contributed by atoms with Gasteiger partial charge in [-0.25, -0.2) is 0 Å². The molecule has 2 aromatic rings. The molecule has 0 fully saturated rings. The average molecular weight is 276 g/mol. The van der Waals surface area contributed by atoms with Crippen LogP contribution in [0.5, 0.6) is 5.75 Å². The molecular weight excluding hydrogens is 262 g/mol. The predicted molar refractivity (Wildman–Crippen MR) is 76.3 cm³/mol. The topological polar surface area (TPSA) is 52.8 Å². The maximum atomic E-state index is 10.1. The quantitative estimate of drug-likeness (QED) is 0.509. The lowest BCUT2D eigenvalue weighted by Gasteiger charge is -2.10. The van der Waals surface area contributed by atoms with E-state index < -0.39 is 0 Å². The van der Waals surface area contributed by atoms with E-state index in [9.17, 15) is 10.3 Å². The Balaban J connectivity index is 2.39. The number of aryl methyl sites for hydroxylation is 1. The highest BCUT2D eigenvalue weighted by Crippen LogP contribution is 2.28. The number of oxime groups is 1. The lowest BCUT2D eigenvalue weighted by molar-refractivity contribution is 0.318. The zero-order valence-electron chi connectivity index (χ0n) is 10.5. The van der Waals surface area contributed by atoms with Gasteiger partial charge < -0.3 is 10.3 Å². The SMILES string of the molecule is Cc1cc(Cl)cc(/C(Cc2ccccc2)=N\O)c1O. The molecule has 3 nitrogen and oxygen atoms in total. The minimum Gasteiger partial charge on any atom is -0.507 e. The van der Waals surface area contributed by atoms with E-state index >= 15 is 0 Å². The van der Waals surface area contributed by atoms with E-state index in [1.807, 2.05) is 30.3 Å². The Labute approximate surface area is 116 Å². The molecule has 4 heteroatoms. The van der Waals surface area contributed by atoms with Gasteiger partial charge in [-0.05, 0) is 30.2 Å². The molecule has 0 saturated heterocycles. The summed E-state index contributed by atoms with van der Waals surface area (Å²) in [5.41, 5.74) is 2.48. The largest absolute Gasteiger partial charge is 0.507 e. The van der Waals surface area contributed by atoms with Crippen LogP contribution in [0.15, 0.2) is 47.6 Å². The zero-order chi connectivity index (χ0) is 13.8. The number of hydrogen-bond acceptors (Lipinski definition) is 3. The van der Waals surface area contributed by atoms with Crippen molar-refractivity contribution in [2.75, 3.05) is 0 Å². The number of benzene rings is 2. The van der Waals surface area contributed by atoms with Gasteiger partial charge in [0.2, 0.25) is 0 Å². The van der Waals surface area contributed by atoms with Gasteiger partial charge in [0.15, 0.2) is 0 Å². The molecule has 0 bridgehead atoms. The van der Waals surface area contributed by atoms with Crippen LogP contribution in [0.2, 0.25) is 5.02 Å². The van der Waals surface area contributed by atoms with Gasteiger partial charge in [0, 0.05) is 17.0 Å². The molecule has 98 valence electrons. The Morgan fingerprint density at radius 2 is 1.89 bits per heavy atom. The molecule has 0 saturated carbocycles. The van der Waals surface area contributed by atoms with Gasteiger partial charge in [0.05, 0.1) is 5.71 Å². The third-order valence-electron chi connectivity index (χ3n) is 2.91. The number of halogens is 1. The second-order valence-corrected chi connectivity index (χ2v) is 4.76. The Hall–Kier alpha value is -2.00. The first-order chi connectivity index (χ1) is 9.11. The number of phenolic OH excluding ortho intramolecular Hbond substituents is 1. The van der Waals surface area contributed by atoms with Gasteiger partial charge >= 0.3 is 0 Å². The summed E-state index contributed by atoms with van der Waals surface area (Å²) in [7, 11) is 0. The van der Waals surface area contributed by atoms with Crippen molar-refractivity contribution < 1.29 is 10.3 Å². The Bertz CT molecular complexity index is 609. The van der Waals surface area contributed by atoms with Crippen molar-refractivity contribution in [1.82, 2.24) is 0 Å². The number of nitrogens with zero attached hydrogens (tertiary/aromatic N) is 1. The van der Waals surface area contributed by atoms with E-state index in [-0.39, 0.29) is 5.75 Å². The number of aromatic hydroxyl groups is 1. The van der Waals surface area contributed by atoms with Crippen LogP contribution < -0.4 is 0 Å². The molecule has 0 radical (unpaired) electrons. The van der Waals surface area contributed by atoms with Crippen molar-refractivity contribution in [2.24, 2.45) is 5.16 Å². The Kier molecular flexibility index (Phi) is 4.07. The smallest absolute Gasteiger partial charge is 0.127 e. The molecule has 0 aliphatic heterocycles. The maximum absolute atomic E-state index is 10.1. The van der Waals surface area contributed by atoms with Crippen LogP contribution in [0.3, 0.4) is 0 Å². The molecule has 0 unspecified atom stereocenters. The second-order valence-electron chi connectivity index (χ2n) is 4.33. The van der Waals surface area contributed by atoms with E-state index in [0.717, 1.165) is 5.56 Å². The average Bonchev–Trinajstić information content (AvgIpc) is 2.41. The molecule has 0 spiro atoms. The normalized spacial score (nSPS) is 11.6. The zero-order valence-corrected chi connectivity index (χ0v) is 11.2. The monoisotopic (exact) mass is 275 g/mol. The van der Waals surface area contributed by atoms with Gasteiger partial charge in [0.25, 0.3) is 0 Å². The summed E-state index contributed by atoms with van der Waals surface area (Å²) in [6, 6.07) is 12.9. The molecular formula is C15H14ClNO2. The highest BCUT2D eigenvalue weighted by atomic mass is 35.5.